The van der Waals surface area contributed by atoms with E-state index in [1.54, 1.807) is 0 Å². The van der Waals surface area contributed by atoms with Crippen molar-refractivity contribution >= 4 is 11.7 Å². The minimum atomic E-state index is -0.273. The van der Waals surface area contributed by atoms with Crippen LogP contribution in [0, 0.1) is 17.7 Å². The number of nitrogens with one attached hydrogen (secondary N) is 1. The van der Waals surface area contributed by atoms with Crippen LogP contribution in [0.1, 0.15) is 53.7 Å². The lowest BCUT2D eigenvalue weighted by atomic mass is 9.76. The highest BCUT2D eigenvalue weighted by atomic mass is 19.1. The number of anilines is 1. The summed E-state index contributed by atoms with van der Waals surface area (Å²) in [4.78, 5) is 12.3. The summed E-state index contributed by atoms with van der Waals surface area (Å²) in [7, 11) is 0. The Morgan fingerprint density at radius 2 is 2.00 bits per heavy atom. The molecular weight excluding hydrogens is 341 g/mol. The first-order valence-corrected chi connectivity index (χ1v) is 9.52. The van der Waals surface area contributed by atoms with Crippen molar-refractivity contribution in [1.82, 2.24) is 0 Å². The van der Waals surface area contributed by atoms with Crippen molar-refractivity contribution in [3.63, 3.8) is 0 Å². The third-order valence-corrected chi connectivity index (χ3v) is 5.38. The minimum Gasteiger partial charge on any atom is -0.462 e. The lowest BCUT2D eigenvalue weighted by Gasteiger charge is -2.37. The maximum absolute atomic E-state index is 13.3. The fraction of sp³-hybridized carbons (Fsp3) is 0.348. The molecular formula is C23H24FNO2. The van der Waals surface area contributed by atoms with Gasteiger partial charge < -0.3 is 10.1 Å². The lowest BCUT2D eigenvalue weighted by Crippen LogP contribution is -2.29. The van der Waals surface area contributed by atoms with Gasteiger partial charge in [0.25, 0.3) is 0 Å². The van der Waals surface area contributed by atoms with Crippen molar-refractivity contribution in [2.45, 2.75) is 32.2 Å². The van der Waals surface area contributed by atoms with Crippen LogP contribution >= 0.6 is 0 Å². The molecule has 2 aliphatic rings. The molecule has 0 spiro atoms. The second-order valence-electron chi connectivity index (χ2n) is 7.82. The van der Waals surface area contributed by atoms with E-state index in [1.807, 2.05) is 44.2 Å². The Hall–Kier alpha value is -2.62. The van der Waals surface area contributed by atoms with Gasteiger partial charge in [0.1, 0.15) is 5.82 Å². The molecule has 1 aliphatic heterocycles. The van der Waals surface area contributed by atoms with Gasteiger partial charge in [-0.2, -0.15) is 0 Å². The zero-order valence-corrected chi connectivity index (χ0v) is 15.6. The van der Waals surface area contributed by atoms with Gasteiger partial charge in [0, 0.05) is 11.6 Å². The van der Waals surface area contributed by atoms with Gasteiger partial charge in [-0.25, -0.2) is 9.18 Å². The van der Waals surface area contributed by atoms with Gasteiger partial charge in [-0.1, -0.05) is 38.1 Å². The molecule has 0 amide bonds. The number of carbonyl (C=O) groups excluding carboxylic acids is 1. The van der Waals surface area contributed by atoms with Crippen molar-refractivity contribution in [3.8, 4) is 0 Å². The minimum absolute atomic E-state index is 0.122. The molecule has 3 atom stereocenters. The largest absolute Gasteiger partial charge is 0.462 e. The van der Waals surface area contributed by atoms with Crippen LogP contribution in [-0.4, -0.2) is 12.6 Å². The third kappa shape index (κ3) is 3.48. The van der Waals surface area contributed by atoms with Crippen LogP contribution in [0.25, 0.3) is 0 Å². The molecule has 27 heavy (non-hydrogen) atoms. The average Bonchev–Trinajstić information content (AvgIpc) is 3.16. The molecule has 1 heterocycles. The van der Waals surface area contributed by atoms with E-state index in [0.717, 1.165) is 23.2 Å². The number of carbonyl (C=O) groups is 1. The summed E-state index contributed by atoms with van der Waals surface area (Å²) in [6, 6.07) is 12.6. The van der Waals surface area contributed by atoms with E-state index in [0.29, 0.717) is 24.0 Å². The quantitative estimate of drug-likeness (QED) is 0.577. The van der Waals surface area contributed by atoms with Crippen LogP contribution in [-0.2, 0) is 4.74 Å². The fourth-order valence-corrected chi connectivity index (χ4v) is 4.05. The van der Waals surface area contributed by atoms with E-state index in [9.17, 15) is 9.18 Å². The van der Waals surface area contributed by atoms with Gasteiger partial charge in [-0.05, 0) is 59.7 Å². The summed E-state index contributed by atoms with van der Waals surface area (Å²) in [6.45, 7) is 4.47. The van der Waals surface area contributed by atoms with Crippen LogP contribution in [0.2, 0.25) is 0 Å². The molecule has 140 valence electrons. The van der Waals surface area contributed by atoms with Crippen LogP contribution in [0.4, 0.5) is 10.1 Å². The summed E-state index contributed by atoms with van der Waals surface area (Å²) in [6.07, 6.45) is 5.39. The Kier molecular flexibility index (Phi) is 4.73. The Labute approximate surface area is 159 Å². The highest BCUT2D eigenvalue weighted by Crippen LogP contribution is 2.49. The van der Waals surface area contributed by atoms with E-state index in [1.165, 1.54) is 12.1 Å². The summed E-state index contributed by atoms with van der Waals surface area (Å²) in [5.74, 6) is 0.414. The molecule has 4 rings (SSSR count). The molecule has 0 unspecified atom stereocenters. The highest BCUT2D eigenvalue weighted by Gasteiger charge is 2.38. The maximum Gasteiger partial charge on any atom is 0.338 e. The van der Waals surface area contributed by atoms with Crippen LogP contribution in [0.15, 0.2) is 54.6 Å². The number of ether oxygens (including phenoxy) is 1. The number of halogens is 1. The topological polar surface area (TPSA) is 38.3 Å². The van der Waals surface area contributed by atoms with Crippen LogP contribution in [0.5, 0.6) is 0 Å². The SMILES string of the molecule is CC(C)COC(=O)c1ccc2c(c1)[C@@H]1C=CC[C@@H]1[C@H](c1ccc(F)cc1)N2. The van der Waals surface area contributed by atoms with E-state index < -0.39 is 0 Å². The van der Waals surface area contributed by atoms with Crippen molar-refractivity contribution < 1.29 is 13.9 Å². The van der Waals surface area contributed by atoms with Gasteiger partial charge in [0.05, 0.1) is 18.2 Å². The summed E-state index contributed by atoms with van der Waals surface area (Å²) < 4.78 is 18.7. The molecule has 0 saturated carbocycles. The van der Waals surface area contributed by atoms with Crippen molar-refractivity contribution in [1.29, 1.82) is 0 Å². The summed E-state index contributed by atoms with van der Waals surface area (Å²) >= 11 is 0. The summed E-state index contributed by atoms with van der Waals surface area (Å²) in [5, 5.41) is 3.61. The molecule has 3 nitrogen and oxygen atoms in total. The maximum atomic E-state index is 13.3. The van der Waals surface area contributed by atoms with Gasteiger partial charge in [-0.15, -0.1) is 0 Å². The molecule has 2 aromatic carbocycles. The molecule has 2 aromatic rings. The van der Waals surface area contributed by atoms with Gasteiger partial charge >= 0.3 is 5.97 Å². The molecule has 0 radical (unpaired) electrons. The van der Waals surface area contributed by atoms with Crippen LogP contribution in [0.3, 0.4) is 0 Å². The first kappa shape index (κ1) is 17.8. The average molecular weight is 365 g/mol. The molecule has 1 N–H and O–H groups in total. The highest BCUT2D eigenvalue weighted by molar-refractivity contribution is 5.90. The van der Waals surface area contributed by atoms with E-state index in [4.69, 9.17) is 4.74 Å². The standard InChI is InChI=1S/C23H24FNO2/c1-14(2)13-27-23(26)16-8-11-21-20(12-16)18-4-3-5-19(18)22(25-21)15-6-9-17(24)10-7-15/h3-4,6-12,14,18-19,22,25H,5,13H2,1-2H3/t18-,19+,22+/m1/s1. The second-order valence-corrected chi connectivity index (χ2v) is 7.82. The van der Waals surface area contributed by atoms with Crippen molar-refractivity contribution in [2.75, 3.05) is 11.9 Å². The zero-order chi connectivity index (χ0) is 19.0. The van der Waals surface area contributed by atoms with E-state index in [-0.39, 0.29) is 23.7 Å². The lowest BCUT2D eigenvalue weighted by molar-refractivity contribution is 0.0459. The second kappa shape index (κ2) is 7.18. The predicted molar refractivity (Wildman–Crippen MR) is 104 cm³/mol. The number of benzene rings is 2. The number of fused-ring (bicyclic) bond motifs is 3. The van der Waals surface area contributed by atoms with Gasteiger partial charge in [-0.3, -0.25) is 0 Å². The number of rotatable bonds is 4. The van der Waals surface area contributed by atoms with Crippen molar-refractivity contribution in [2.24, 2.45) is 11.8 Å². The first-order valence-electron chi connectivity index (χ1n) is 9.52. The summed E-state index contributed by atoms with van der Waals surface area (Å²) in [5.41, 5.74) is 3.83. The third-order valence-electron chi connectivity index (χ3n) is 5.38. The number of hydrogen-bond donors (Lipinski definition) is 1. The number of allylic oxidation sites excluding steroid dienone is 2. The molecule has 0 aromatic heterocycles. The smallest absolute Gasteiger partial charge is 0.338 e. The monoisotopic (exact) mass is 365 g/mol. The van der Waals surface area contributed by atoms with Crippen LogP contribution < -0.4 is 5.32 Å². The van der Waals surface area contributed by atoms with E-state index in [2.05, 4.69) is 17.5 Å². The number of esters is 1. The normalized spacial score (nSPS) is 22.9. The Bertz CT molecular complexity index is 872. The first-order chi connectivity index (χ1) is 13.0. The fourth-order valence-electron chi connectivity index (χ4n) is 4.05. The molecule has 0 saturated heterocycles. The molecule has 0 bridgehead atoms. The van der Waals surface area contributed by atoms with E-state index >= 15 is 0 Å². The molecule has 0 fully saturated rings. The van der Waals surface area contributed by atoms with Gasteiger partial charge in [0.2, 0.25) is 0 Å². The van der Waals surface area contributed by atoms with Crippen molar-refractivity contribution in [3.05, 3.63) is 77.1 Å². The number of hydrogen-bond acceptors (Lipinski definition) is 3. The zero-order valence-electron chi connectivity index (χ0n) is 15.6. The Balaban J connectivity index is 1.63. The Morgan fingerprint density at radius 1 is 1.22 bits per heavy atom. The Morgan fingerprint density at radius 3 is 2.74 bits per heavy atom. The van der Waals surface area contributed by atoms with Gasteiger partial charge in [0.15, 0.2) is 0 Å². The predicted octanol–water partition coefficient (Wildman–Crippen LogP) is 5.47. The molecule has 4 heteroatoms. The molecule has 1 aliphatic carbocycles.